The Morgan fingerprint density at radius 3 is 2.47 bits per heavy atom. The maximum atomic E-state index is 12.7. The molecule has 1 atom stereocenters. The number of carbonyl (C=O) groups is 2. The van der Waals surface area contributed by atoms with Gasteiger partial charge in [0.05, 0.1) is 17.5 Å². The smallest absolute Gasteiger partial charge is 0.303 e. The number of carbonyl (C=O) groups excluding carboxylic acids is 1. The quantitative estimate of drug-likeness (QED) is 0.277. The van der Waals surface area contributed by atoms with Crippen LogP contribution in [0.5, 0.6) is 5.75 Å². The second-order valence-corrected chi connectivity index (χ2v) is 9.13. The van der Waals surface area contributed by atoms with Crippen LogP contribution in [0.1, 0.15) is 38.5 Å². The van der Waals surface area contributed by atoms with E-state index in [1.54, 1.807) is 18.3 Å². The molecule has 0 aliphatic carbocycles. The number of pyridine rings is 1. The zero-order valence-electron chi connectivity index (χ0n) is 17.4. The van der Waals surface area contributed by atoms with Gasteiger partial charge in [0, 0.05) is 24.2 Å². The molecule has 0 fully saturated rings. The molecule has 1 aromatic carbocycles. The number of unbranched alkanes of at least 4 members (excludes halogenated alkanes) is 3. The summed E-state index contributed by atoms with van der Waals surface area (Å²) in [7, 11) is -3.97. The van der Waals surface area contributed by atoms with Crippen molar-refractivity contribution in [1.29, 1.82) is 0 Å². The number of amides is 1. The highest BCUT2D eigenvalue weighted by Gasteiger charge is 2.24. The minimum atomic E-state index is -3.97. The van der Waals surface area contributed by atoms with Gasteiger partial charge in [-0.05, 0) is 49.2 Å². The van der Waals surface area contributed by atoms with Crippen LogP contribution in [0, 0.1) is 0 Å². The Balaban J connectivity index is 1.92. The summed E-state index contributed by atoms with van der Waals surface area (Å²) >= 11 is 5.82. The third kappa shape index (κ3) is 9.63. The number of rotatable bonds is 14. The molecule has 0 saturated heterocycles. The molecular weight excluding hydrogens is 458 g/mol. The first kappa shape index (κ1) is 25.6. The Morgan fingerprint density at radius 2 is 1.81 bits per heavy atom. The zero-order valence-corrected chi connectivity index (χ0v) is 18.9. The zero-order chi connectivity index (χ0) is 23.4. The summed E-state index contributed by atoms with van der Waals surface area (Å²) in [6.45, 7) is 0.398. The van der Waals surface area contributed by atoms with Crippen molar-refractivity contribution >= 4 is 33.5 Å². The van der Waals surface area contributed by atoms with Crippen molar-refractivity contribution < 1.29 is 27.9 Å². The van der Waals surface area contributed by atoms with Crippen LogP contribution in [0.2, 0.25) is 5.02 Å². The number of nitrogens with one attached hydrogen (secondary N) is 2. The lowest BCUT2D eigenvalue weighted by atomic mass is 10.1. The summed E-state index contributed by atoms with van der Waals surface area (Å²) in [6.07, 6.45) is 4.51. The van der Waals surface area contributed by atoms with Gasteiger partial charge >= 0.3 is 5.97 Å². The lowest BCUT2D eigenvalue weighted by molar-refractivity contribution is -0.137. The summed E-state index contributed by atoms with van der Waals surface area (Å²) < 4.78 is 33.5. The van der Waals surface area contributed by atoms with Gasteiger partial charge in [-0.3, -0.25) is 14.6 Å². The molecule has 0 unspecified atom stereocenters. The number of carboxylic acid groups (broad SMARTS) is 1. The van der Waals surface area contributed by atoms with Crippen molar-refractivity contribution in [1.82, 2.24) is 15.0 Å². The summed E-state index contributed by atoms with van der Waals surface area (Å²) in [6, 6.07) is 8.86. The molecule has 1 amide bonds. The topological polar surface area (TPSA) is 135 Å². The molecule has 3 N–H and O–H groups in total. The third-order valence-electron chi connectivity index (χ3n) is 4.33. The summed E-state index contributed by atoms with van der Waals surface area (Å²) in [4.78, 5) is 26.8. The van der Waals surface area contributed by atoms with Crippen LogP contribution in [0.15, 0.2) is 53.7 Å². The van der Waals surface area contributed by atoms with E-state index < -0.39 is 22.2 Å². The van der Waals surface area contributed by atoms with Gasteiger partial charge in [-0.1, -0.05) is 24.4 Å². The molecule has 1 heterocycles. The van der Waals surface area contributed by atoms with E-state index in [4.69, 9.17) is 21.4 Å². The predicted molar refractivity (Wildman–Crippen MR) is 119 cm³/mol. The number of aliphatic carboxylic acids is 1. The van der Waals surface area contributed by atoms with Gasteiger partial charge in [0.15, 0.2) is 6.23 Å². The third-order valence-corrected chi connectivity index (χ3v) is 6.05. The Morgan fingerprint density at radius 1 is 1.09 bits per heavy atom. The molecule has 0 radical (unpaired) electrons. The van der Waals surface area contributed by atoms with Crippen molar-refractivity contribution in [2.75, 3.05) is 6.54 Å². The minimum Gasteiger partial charge on any atom is -0.481 e. The fourth-order valence-electron chi connectivity index (χ4n) is 2.77. The molecule has 11 heteroatoms. The molecule has 1 aromatic heterocycles. The van der Waals surface area contributed by atoms with E-state index in [9.17, 15) is 18.0 Å². The number of hydrogen-bond donors (Lipinski definition) is 3. The Labute approximate surface area is 192 Å². The lowest BCUT2D eigenvalue weighted by Gasteiger charge is -2.20. The molecule has 174 valence electrons. The monoisotopic (exact) mass is 483 g/mol. The highest BCUT2D eigenvalue weighted by atomic mass is 35.5. The molecule has 0 spiro atoms. The van der Waals surface area contributed by atoms with Crippen LogP contribution < -0.4 is 14.8 Å². The largest absolute Gasteiger partial charge is 0.481 e. The number of halogens is 1. The van der Waals surface area contributed by atoms with Gasteiger partial charge in [0.1, 0.15) is 5.75 Å². The maximum absolute atomic E-state index is 12.7. The Kier molecular flexibility index (Phi) is 10.4. The number of ether oxygens (including phenoxy) is 1. The van der Waals surface area contributed by atoms with Gasteiger partial charge in [-0.25, -0.2) is 8.42 Å². The average Bonchev–Trinajstić information content (AvgIpc) is 2.73. The van der Waals surface area contributed by atoms with Crippen molar-refractivity contribution in [3.63, 3.8) is 0 Å². The second-order valence-electron chi connectivity index (χ2n) is 6.98. The van der Waals surface area contributed by atoms with E-state index in [2.05, 4.69) is 15.0 Å². The SMILES string of the molecule is O=C(O)CCCCCCNC(=O)C[C@@H](NS(=O)(=O)c1ccc(Cl)cc1)Oc1cccnc1. The number of carboxylic acids is 1. The molecule has 0 bridgehead atoms. The number of sulfonamides is 1. The second kappa shape index (κ2) is 13.0. The van der Waals surface area contributed by atoms with E-state index in [0.717, 1.165) is 12.8 Å². The summed E-state index contributed by atoms with van der Waals surface area (Å²) in [5, 5.41) is 11.7. The van der Waals surface area contributed by atoms with Crippen LogP contribution in [-0.2, 0) is 19.6 Å². The highest BCUT2D eigenvalue weighted by molar-refractivity contribution is 7.89. The van der Waals surface area contributed by atoms with Crippen LogP contribution in [-0.4, -0.2) is 43.2 Å². The van der Waals surface area contributed by atoms with Crippen LogP contribution in [0.3, 0.4) is 0 Å². The first-order valence-electron chi connectivity index (χ1n) is 10.1. The van der Waals surface area contributed by atoms with Crippen LogP contribution >= 0.6 is 11.6 Å². The fourth-order valence-corrected chi connectivity index (χ4v) is 4.00. The van der Waals surface area contributed by atoms with E-state index >= 15 is 0 Å². The van der Waals surface area contributed by atoms with E-state index in [1.165, 1.54) is 30.5 Å². The van der Waals surface area contributed by atoms with E-state index in [-0.39, 0.29) is 23.6 Å². The van der Waals surface area contributed by atoms with Crippen molar-refractivity contribution in [3.05, 3.63) is 53.8 Å². The van der Waals surface area contributed by atoms with Gasteiger partial charge in [0.25, 0.3) is 0 Å². The van der Waals surface area contributed by atoms with Crippen molar-refractivity contribution in [3.8, 4) is 5.75 Å². The van der Waals surface area contributed by atoms with Gasteiger partial charge in [-0.2, -0.15) is 4.72 Å². The Hall–Kier alpha value is -2.69. The normalized spacial score (nSPS) is 12.2. The first-order valence-corrected chi connectivity index (χ1v) is 12.0. The highest BCUT2D eigenvalue weighted by Crippen LogP contribution is 2.16. The standard InChI is InChI=1S/C21H26ClN3O6S/c22-16-8-10-18(11-9-16)32(29,30)25-20(31-17-6-5-12-23-15-17)14-19(26)24-13-4-2-1-3-7-21(27)28/h5-6,8-12,15,20,25H,1-4,7,13-14H2,(H,24,26)(H,27,28)/t20-/m0/s1. The van der Waals surface area contributed by atoms with Gasteiger partial charge in [0.2, 0.25) is 15.9 Å². The molecule has 0 aliphatic rings. The molecule has 32 heavy (non-hydrogen) atoms. The predicted octanol–water partition coefficient (Wildman–Crippen LogP) is 2.96. The molecule has 9 nitrogen and oxygen atoms in total. The van der Waals surface area contributed by atoms with Gasteiger partial charge in [-0.15, -0.1) is 0 Å². The van der Waals surface area contributed by atoms with Crippen molar-refractivity contribution in [2.45, 2.75) is 49.6 Å². The van der Waals surface area contributed by atoms with Gasteiger partial charge < -0.3 is 15.2 Å². The molecule has 2 rings (SSSR count). The van der Waals surface area contributed by atoms with Crippen molar-refractivity contribution in [2.24, 2.45) is 0 Å². The lowest BCUT2D eigenvalue weighted by Crippen LogP contribution is -2.42. The number of hydrogen-bond acceptors (Lipinski definition) is 6. The number of nitrogens with zero attached hydrogens (tertiary/aromatic N) is 1. The van der Waals surface area contributed by atoms with Crippen LogP contribution in [0.4, 0.5) is 0 Å². The summed E-state index contributed by atoms with van der Waals surface area (Å²) in [5.41, 5.74) is 0. The molecular formula is C21H26ClN3O6S. The molecule has 2 aromatic rings. The molecule has 0 aliphatic heterocycles. The van der Waals surface area contributed by atoms with E-state index in [0.29, 0.717) is 30.2 Å². The first-order chi connectivity index (χ1) is 15.3. The molecule has 0 saturated carbocycles. The summed E-state index contributed by atoms with van der Waals surface area (Å²) in [5.74, 6) is -0.898. The van der Waals surface area contributed by atoms with E-state index in [1.807, 2.05) is 0 Å². The Bertz CT molecular complexity index is 971. The fraction of sp³-hybridized carbons (Fsp3) is 0.381. The maximum Gasteiger partial charge on any atom is 0.303 e. The average molecular weight is 484 g/mol. The minimum absolute atomic E-state index is 0.0107. The number of aromatic nitrogens is 1. The number of benzene rings is 1. The van der Waals surface area contributed by atoms with Crippen LogP contribution in [0.25, 0.3) is 0 Å².